The average Bonchev–Trinajstić information content (AvgIpc) is 2.73. The Hall–Kier alpha value is -2.14. The summed E-state index contributed by atoms with van der Waals surface area (Å²) in [6.07, 6.45) is 1.07. The first-order valence-electron chi connectivity index (χ1n) is 10.7. The molecule has 33 heavy (non-hydrogen) atoms. The molecule has 0 fully saturated rings. The molecule has 7 nitrogen and oxygen atoms in total. The summed E-state index contributed by atoms with van der Waals surface area (Å²) in [5.41, 5.74) is 2.30. The molecular weight excluding hydrogens is 553 g/mol. The number of sulfonamides is 1. The Balaban J connectivity index is 2.35. The first-order valence-corrected chi connectivity index (χ1v) is 13.7. The highest BCUT2D eigenvalue weighted by atomic mass is 127. The Morgan fingerprint density at radius 2 is 1.70 bits per heavy atom. The van der Waals surface area contributed by atoms with Gasteiger partial charge in [0.2, 0.25) is 21.8 Å². The number of halogens is 1. The Labute approximate surface area is 210 Å². The van der Waals surface area contributed by atoms with Crippen LogP contribution in [0, 0.1) is 16.4 Å². The topological polar surface area (TPSA) is 86.8 Å². The van der Waals surface area contributed by atoms with Gasteiger partial charge in [-0.1, -0.05) is 43.7 Å². The van der Waals surface area contributed by atoms with Gasteiger partial charge in [0.05, 0.1) is 11.9 Å². The molecule has 9 heteroatoms. The minimum absolute atomic E-state index is 0.196. The van der Waals surface area contributed by atoms with Crippen molar-refractivity contribution in [3.05, 3.63) is 63.2 Å². The lowest BCUT2D eigenvalue weighted by Crippen LogP contribution is -2.51. The molecule has 2 aromatic carbocycles. The molecule has 0 radical (unpaired) electrons. The van der Waals surface area contributed by atoms with E-state index >= 15 is 0 Å². The van der Waals surface area contributed by atoms with Crippen molar-refractivity contribution in [2.45, 2.75) is 40.3 Å². The van der Waals surface area contributed by atoms with Crippen LogP contribution in [0.5, 0.6) is 0 Å². The van der Waals surface area contributed by atoms with Crippen molar-refractivity contribution < 1.29 is 18.0 Å². The molecule has 2 aromatic rings. The van der Waals surface area contributed by atoms with Gasteiger partial charge < -0.3 is 10.2 Å². The van der Waals surface area contributed by atoms with E-state index in [9.17, 15) is 18.0 Å². The van der Waals surface area contributed by atoms with Crippen LogP contribution in [0.3, 0.4) is 0 Å². The van der Waals surface area contributed by atoms with Crippen molar-refractivity contribution in [3.63, 3.8) is 0 Å². The number of anilines is 1. The molecule has 1 N–H and O–H groups in total. The highest BCUT2D eigenvalue weighted by Crippen LogP contribution is 2.20. The zero-order valence-corrected chi connectivity index (χ0v) is 22.7. The van der Waals surface area contributed by atoms with Crippen LogP contribution in [0.2, 0.25) is 0 Å². The number of hydrogen-bond donors (Lipinski definition) is 1. The highest BCUT2D eigenvalue weighted by Gasteiger charge is 2.30. The molecule has 0 aliphatic rings. The van der Waals surface area contributed by atoms with Crippen LogP contribution in [0.15, 0.2) is 48.5 Å². The summed E-state index contributed by atoms with van der Waals surface area (Å²) in [5.74, 6) is -0.457. The van der Waals surface area contributed by atoms with E-state index in [2.05, 4.69) is 27.9 Å². The van der Waals surface area contributed by atoms with E-state index in [0.717, 1.165) is 25.3 Å². The SMILES string of the molecule is Cc1cccc(CN(C(=O)CN(c2ccc(I)cc2)S(C)(=O)=O)[C@H](C)C(=O)NCC(C)C)c1. The van der Waals surface area contributed by atoms with Crippen molar-refractivity contribution in [1.29, 1.82) is 0 Å². The molecule has 2 amide bonds. The first-order chi connectivity index (χ1) is 15.4. The maximum atomic E-state index is 13.5. The number of nitrogens with one attached hydrogen (secondary N) is 1. The number of aryl methyl sites for hydroxylation is 1. The number of carbonyl (C=O) groups is 2. The lowest BCUT2D eigenvalue weighted by atomic mass is 10.1. The first kappa shape index (κ1) is 27.1. The summed E-state index contributed by atoms with van der Waals surface area (Å²) < 4.78 is 27.1. The molecule has 180 valence electrons. The number of amides is 2. The molecule has 0 aromatic heterocycles. The Morgan fingerprint density at radius 3 is 2.24 bits per heavy atom. The van der Waals surface area contributed by atoms with Crippen LogP contribution in [-0.4, -0.2) is 50.5 Å². The van der Waals surface area contributed by atoms with Gasteiger partial charge in [-0.3, -0.25) is 13.9 Å². The third kappa shape index (κ3) is 8.29. The second-order valence-electron chi connectivity index (χ2n) is 8.57. The zero-order chi connectivity index (χ0) is 24.8. The van der Waals surface area contributed by atoms with Gasteiger partial charge in [0, 0.05) is 16.7 Å². The fourth-order valence-corrected chi connectivity index (χ4v) is 4.47. The summed E-state index contributed by atoms with van der Waals surface area (Å²) in [6, 6.07) is 13.8. The molecule has 2 rings (SSSR count). The molecule has 0 heterocycles. The maximum absolute atomic E-state index is 13.5. The van der Waals surface area contributed by atoms with Crippen LogP contribution < -0.4 is 9.62 Å². The maximum Gasteiger partial charge on any atom is 0.244 e. The molecule has 0 unspecified atom stereocenters. The second-order valence-corrected chi connectivity index (χ2v) is 11.7. The summed E-state index contributed by atoms with van der Waals surface area (Å²) in [4.78, 5) is 27.7. The van der Waals surface area contributed by atoms with Crippen LogP contribution in [0.1, 0.15) is 31.9 Å². The van der Waals surface area contributed by atoms with Gasteiger partial charge in [-0.25, -0.2) is 8.42 Å². The molecule has 1 atom stereocenters. The molecule has 0 aliphatic carbocycles. The predicted octanol–water partition coefficient (Wildman–Crippen LogP) is 3.56. The van der Waals surface area contributed by atoms with Gasteiger partial charge in [-0.2, -0.15) is 0 Å². The number of carbonyl (C=O) groups excluding carboxylic acids is 2. The van der Waals surface area contributed by atoms with E-state index in [1.165, 1.54) is 4.90 Å². The van der Waals surface area contributed by atoms with Crippen LogP contribution in [0.4, 0.5) is 5.69 Å². The van der Waals surface area contributed by atoms with E-state index in [1.54, 1.807) is 31.2 Å². The lowest BCUT2D eigenvalue weighted by molar-refractivity contribution is -0.139. The van der Waals surface area contributed by atoms with Crippen molar-refractivity contribution in [3.8, 4) is 0 Å². The minimum Gasteiger partial charge on any atom is -0.354 e. The van der Waals surface area contributed by atoms with E-state index < -0.39 is 28.5 Å². The van der Waals surface area contributed by atoms with Gasteiger partial charge in [0.15, 0.2) is 0 Å². The number of rotatable bonds is 10. The molecule has 0 spiro atoms. The average molecular weight is 586 g/mol. The molecule has 0 saturated carbocycles. The summed E-state index contributed by atoms with van der Waals surface area (Å²) >= 11 is 2.13. The number of hydrogen-bond acceptors (Lipinski definition) is 4. The standard InChI is InChI=1S/C24H32IN3O4S/c1-17(2)14-26-24(30)19(4)27(15-20-8-6-7-18(3)13-20)23(29)16-28(33(5,31)32)22-11-9-21(25)10-12-22/h6-13,17,19H,14-16H2,1-5H3,(H,26,30)/t19-/m1/s1. The van der Waals surface area contributed by atoms with Gasteiger partial charge in [0.25, 0.3) is 0 Å². The molecule has 0 saturated heterocycles. The summed E-state index contributed by atoms with van der Waals surface area (Å²) in [5, 5.41) is 2.87. The van der Waals surface area contributed by atoms with Gasteiger partial charge in [-0.05, 0) is 72.2 Å². The van der Waals surface area contributed by atoms with Crippen molar-refractivity contribution in [2.24, 2.45) is 5.92 Å². The van der Waals surface area contributed by atoms with E-state index in [4.69, 9.17) is 0 Å². The largest absolute Gasteiger partial charge is 0.354 e. The van der Waals surface area contributed by atoms with Crippen LogP contribution in [0.25, 0.3) is 0 Å². The van der Waals surface area contributed by atoms with E-state index in [-0.39, 0.29) is 18.4 Å². The summed E-state index contributed by atoms with van der Waals surface area (Å²) in [7, 11) is -3.72. The van der Waals surface area contributed by atoms with E-state index in [0.29, 0.717) is 12.2 Å². The quantitative estimate of drug-likeness (QED) is 0.433. The third-order valence-corrected chi connectivity index (χ3v) is 6.94. The Morgan fingerprint density at radius 1 is 1.06 bits per heavy atom. The van der Waals surface area contributed by atoms with Gasteiger partial charge >= 0.3 is 0 Å². The van der Waals surface area contributed by atoms with E-state index in [1.807, 2.05) is 45.0 Å². The van der Waals surface area contributed by atoms with Crippen LogP contribution >= 0.6 is 22.6 Å². The Kier molecular flexibility index (Phi) is 9.71. The molecule has 0 aliphatic heterocycles. The lowest BCUT2D eigenvalue weighted by Gasteiger charge is -2.31. The summed E-state index contributed by atoms with van der Waals surface area (Å²) in [6.45, 7) is 7.90. The molecule has 0 bridgehead atoms. The zero-order valence-electron chi connectivity index (χ0n) is 19.7. The van der Waals surface area contributed by atoms with Crippen molar-refractivity contribution >= 4 is 50.1 Å². The third-order valence-electron chi connectivity index (χ3n) is 5.08. The predicted molar refractivity (Wildman–Crippen MR) is 140 cm³/mol. The van der Waals surface area contributed by atoms with Crippen molar-refractivity contribution in [2.75, 3.05) is 23.7 Å². The van der Waals surface area contributed by atoms with Crippen molar-refractivity contribution in [1.82, 2.24) is 10.2 Å². The molecular formula is C24H32IN3O4S. The Bertz CT molecular complexity index is 1070. The van der Waals surface area contributed by atoms with Gasteiger partial charge in [-0.15, -0.1) is 0 Å². The number of nitrogens with zero attached hydrogens (tertiary/aromatic N) is 2. The normalized spacial score (nSPS) is 12.3. The highest BCUT2D eigenvalue weighted by molar-refractivity contribution is 14.1. The van der Waals surface area contributed by atoms with Gasteiger partial charge in [0.1, 0.15) is 12.6 Å². The monoisotopic (exact) mass is 585 g/mol. The van der Waals surface area contributed by atoms with Crippen LogP contribution in [-0.2, 0) is 26.2 Å². The second kappa shape index (κ2) is 11.8. The fraction of sp³-hybridized carbons (Fsp3) is 0.417. The minimum atomic E-state index is -3.72. The fourth-order valence-electron chi connectivity index (χ4n) is 3.26. The smallest absolute Gasteiger partial charge is 0.244 e. The number of benzene rings is 2.